The molecule has 0 atom stereocenters. The molecule has 5 heteroatoms. The van der Waals surface area contributed by atoms with Gasteiger partial charge in [0.05, 0.1) is 12.1 Å². The van der Waals surface area contributed by atoms with Crippen molar-refractivity contribution in [2.45, 2.75) is 78.0 Å². The minimum Gasteiger partial charge on any atom is -0.424 e. The van der Waals surface area contributed by atoms with Crippen molar-refractivity contribution in [2.75, 3.05) is 6.54 Å². The molecule has 2 rings (SSSR count). The number of aliphatic hydroxyl groups is 1. The molecule has 0 radical (unpaired) electrons. The molecule has 120 valence electrons. The molecular weight excluding hydrogens is 266 g/mol. The summed E-state index contributed by atoms with van der Waals surface area (Å²) in [6, 6.07) is 0. The zero-order valence-corrected chi connectivity index (χ0v) is 14.0. The first kappa shape index (κ1) is 16.4. The predicted molar refractivity (Wildman–Crippen MR) is 81.8 cm³/mol. The smallest absolute Gasteiger partial charge is 0.230 e. The highest BCUT2D eigenvalue weighted by Gasteiger charge is 2.37. The molecule has 1 heterocycles. The molecular formula is C16H29N3O2. The van der Waals surface area contributed by atoms with Crippen molar-refractivity contribution in [2.24, 2.45) is 5.92 Å². The highest BCUT2D eigenvalue weighted by atomic mass is 16.4. The van der Waals surface area contributed by atoms with Crippen molar-refractivity contribution in [3.63, 3.8) is 0 Å². The normalized spacial score (nSPS) is 27.3. The van der Waals surface area contributed by atoms with E-state index < -0.39 is 5.60 Å². The highest BCUT2D eigenvalue weighted by molar-refractivity contribution is 4.92. The van der Waals surface area contributed by atoms with Gasteiger partial charge in [-0.15, -0.1) is 10.2 Å². The number of nitrogens with zero attached hydrogens (tertiary/aromatic N) is 3. The second-order valence-electron chi connectivity index (χ2n) is 7.65. The number of rotatable bonds is 4. The second kappa shape index (κ2) is 6.05. The van der Waals surface area contributed by atoms with Crippen LogP contribution in [0.1, 0.15) is 65.2 Å². The molecule has 1 N–H and O–H groups in total. The van der Waals surface area contributed by atoms with Crippen LogP contribution >= 0.6 is 0 Å². The summed E-state index contributed by atoms with van der Waals surface area (Å²) in [5, 5.41) is 18.9. The minimum atomic E-state index is -0.588. The Bertz CT molecular complexity index is 456. The van der Waals surface area contributed by atoms with Crippen molar-refractivity contribution in [1.29, 1.82) is 0 Å². The maximum absolute atomic E-state index is 10.9. The fraction of sp³-hybridized carbons (Fsp3) is 0.875. The van der Waals surface area contributed by atoms with Gasteiger partial charge in [0.2, 0.25) is 11.8 Å². The van der Waals surface area contributed by atoms with Gasteiger partial charge in [-0.1, -0.05) is 6.92 Å². The van der Waals surface area contributed by atoms with E-state index in [9.17, 15) is 5.11 Å². The Morgan fingerprint density at radius 3 is 2.38 bits per heavy atom. The van der Waals surface area contributed by atoms with Crippen LogP contribution in [0.3, 0.4) is 0 Å². The molecule has 0 bridgehead atoms. The lowest BCUT2D eigenvalue weighted by Crippen LogP contribution is -2.51. The van der Waals surface area contributed by atoms with Crippen LogP contribution in [0.5, 0.6) is 0 Å². The van der Waals surface area contributed by atoms with Crippen molar-refractivity contribution >= 4 is 0 Å². The predicted octanol–water partition coefficient (Wildman–Crippen LogP) is 2.92. The molecule has 5 nitrogen and oxygen atoms in total. The molecule has 1 fully saturated rings. The van der Waals surface area contributed by atoms with Gasteiger partial charge in [0.15, 0.2) is 0 Å². The molecule has 0 saturated heterocycles. The monoisotopic (exact) mass is 295 g/mol. The largest absolute Gasteiger partial charge is 0.424 e. The maximum atomic E-state index is 10.9. The van der Waals surface area contributed by atoms with E-state index in [-0.39, 0.29) is 5.54 Å². The van der Waals surface area contributed by atoms with Gasteiger partial charge in [-0.2, -0.15) is 0 Å². The summed E-state index contributed by atoms with van der Waals surface area (Å²) in [4.78, 5) is 2.25. The molecule has 1 saturated carbocycles. The van der Waals surface area contributed by atoms with Crippen molar-refractivity contribution in [3.05, 3.63) is 11.8 Å². The Hall–Kier alpha value is -0.940. The van der Waals surface area contributed by atoms with Gasteiger partial charge in [0.1, 0.15) is 0 Å². The summed E-state index contributed by atoms with van der Waals surface area (Å²) >= 11 is 0. The van der Waals surface area contributed by atoms with E-state index in [4.69, 9.17) is 4.42 Å². The van der Waals surface area contributed by atoms with Crippen LogP contribution in [-0.4, -0.2) is 37.9 Å². The van der Waals surface area contributed by atoms with Crippen LogP contribution in [0.4, 0.5) is 0 Å². The molecule has 0 amide bonds. The zero-order valence-electron chi connectivity index (χ0n) is 14.0. The molecule has 1 aromatic rings. The maximum Gasteiger partial charge on any atom is 0.230 e. The average Bonchev–Trinajstić information content (AvgIpc) is 2.77. The lowest BCUT2D eigenvalue weighted by molar-refractivity contribution is -0.0585. The molecule has 1 aromatic heterocycles. The van der Waals surface area contributed by atoms with Crippen LogP contribution < -0.4 is 0 Å². The van der Waals surface area contributed by atoms with Gasteiger partial charge in [-0.05, 0) is 52.4 Å². The first-order chi connectivity index (χ1) is 9.68. The molecule has 0 unspecified atom stereocenters. The van der Waals surface area contributed by atoms with Gasteiger partial charge < -0.3 is 9.52 Å². The number of aromatic nitrogens is 2. The van der Waals surface area contributed by atoms with Crippen LogP contribution in [0.25, 0.3) is 0 Å². The SMILES string of the molecule is Cc1nnc(CN(CC2(O)CCC(C)CC2)C(C)(C)C)o1. The van der Waals surface area contributed by atoms with E-state index in [0.717, 1.165) is 31.6 Å². The number of hydrogen-bond acceptors (Lipinski definition) is 5. The van der Waals surface area contributed by atoms with Crippen molar-refractivity contribution in [3.8, 4) is 0 Å². The third-order valence-corrected chi connectivity index (χ3v) is 4.53. The van der Waals surface area contributed by atoms with E-state index in [2.05, 4.69) is 42.8 Å². The standard InChI is InChI=1S/C16H29N3O2/c1-12-6-8-16(20,9-7-12)11-19(15(3,4)5)10-14-18-17-13(2)21-14/h12,20H,6-11H2,1-5H3. The second-order valence-corrected chi connectivity index (χ2v) is 7.65. The summed E-state index contributed by atoms with van der Waals surface area (Å²) < 4.78 is 5.50. The van der Waals surface area contributed by atoms with Crippen LogP contribution in [-0.2, 0) is 6.54 Å². The molecule has 21 heavy (non-hydrogen) atoms. The minimum absolute atomic E-state index is 0.0544. The topological polar surface area (TPSA) is 62.4 Å². The quantitative estimate of drug-likeness (QED) is 0.925. The highest BCUT2D eigenvalue weighted by Crippen LogP contribution is 2.34. The zero-order chi connectivity index (χ0) is 15.7. The summed E-state index contributed by atoms with van der Waals surface area (Å²) in [5.74, 6) is 1.94. The first-order valence-corrected chi connectivity index (χ1v) is 7.94. The molecule has 1 aliphatic rings. The van der Waals surface area contributed by atoms with Gasteiger partial charge in [-0.25, -0.2) is 0 Å². The fourth-order valence-electron chi connectivity index (χ4n) is 2.91. The Morgan fingerprint density at radius 2 is 1.90 bits per heavy atom. The summed E-state index contributed by atoms with van der Waals surface area (Å²) in [7, 11) is 0. The third kappa shape index (κ3) is 4.51. The van der Waals surface area contributed by atoms with Crippen molar-refractivity contribution in [1.82, 2.24) is 15.1 Å². The van der Waals surface area contributed by atoms with Crippen molar-refractivity contribution < 1.29 is 9.52 Å². The lowest BCUT2D eigenvalue weighted by Gasteiger charge is -2.43. The molecule has 0 aromatic carbocycles. The molecule has 0 aliphatic heterocycles. The Morgan fingerprint density at radius 1 is 1.29 bits per heavy atom. The number of aryl methyl sites for hydroxylation is 1. The Labute approximate surface area is 127 Å². The summed E-state index contributed by atoms with van der Waals surface area (Å²) in [6.45, 7) is 11.8. The van der Waals surface area contributed by atoms with E-state index in [1.54, 1.807) is 6.92 Å². The van der Waals surface area contributed by atoms with E-state index >= 15 is 0 Å². The van der Waals surface area contributed by atoms with Crippen LogP contribution in [0.2, 0.25) is 0 Å². The first-order valence-electron chi connectivity index (χ1n) is 7.94. The van der Waals surface area contributed by atoms with Crippen LogP contribution in [0, 0.1) is 12.8 Å². The lowest BCUT2D eigenvalue weighted by atomic mass is 9.79. The van der Waals surface area contributed by atoms with Crippen LogP contribution in [0.15, 0.2) is 4.42 Å². The van der Waals surface area contributed by atoms with Gasteiger partial charge >= 0.3 is 0 Å². The average molecular weight is 295 g/mol. The van der Waals surface area contributed by atoms with Gasteiger partial charge in [0, 0.05) is 19.0 Å². The molecule has 0 spiro atoms. The molecule has 1 aliphatic carbocycles. The Kier molecular flexibility index (Phi) is 4.73. The number of hydrogen-bond donors (Lipinski definition) is 1. The Balaban J connectivity index is 2.06. The number of β-amino-alcohol motifs (C(OH)–C–C–N with tert-alkyl or cyclic N) is 1. The van der Waals surface area contributed by atoms with E-state index in [1.165, 1.54) is 0 Å². The third-order valence-electron chi connectivity index (χ3n) is 4.53. The van der Waals surface area contributed by atoms with Gasteiger partial charge in [-0.3, -0.25) is 4.90 Å². The summed E-state index contributed by atoms with van der Waals surface area (Å²) in [6.07, 6.45) is 3.97. The van der Waals surface area contributed by atoms with Gasteiger partial charge in [0.25, 0.3) is 0 Å². The summed E-state index contributed by atoms with van der Waals surface area (Å²) in [5.41, 5.74) is -0.643. The van der Waals surface area contributed by atoms with E-state index in [0.29, 0.717) is 24.9 Å². The van der Waals surface area contributed by atoms with E-state index in [1.807, 2.05) is 0 Å². The fourth-order valence-corrected chi connectivity index (χ4v) is 2.91.